The molecular formula is C23H25N5O3. The van der Waals surface area contributed by atoms with Gasteiger partial charge in [-0.3, -0.25) is 9.59 Å². The third kappa shape index (κ3) is 4.97. The Labute approximate surface area is 180 Å². The summed E-state index contributed by atoms with van der Waals surface area (Å²) in [5.41, 5.74) is 3.87. The summed E-state index contributed by atoms with van der Waals surface area (Å²) in [5.74, 6) is 0.329. The fraction of sp³-hybridized carbons (Fsp3) is 0.304. The number of hydrogen-bond donors (Lipinski definition) is 2. The number of amides is 2. The van der Waals surface area contributed by atoms with Gasteiger partial charge in [-0.2, -0.15) is 5.10 Å². The van der Waals surface area contributed by atoms with Crippen LogP contribution in [0.15, 0.2) is 48.7 Å². The normalized spacial score (nSPS) is 15.6. The molecule has 2 N–H and O–H groups in total. The van der Waals surface area contributed by atoms with Crippen molar-refractivity contribution in [2.75, 3.05) is 11.9 Å². The second-order valence-corrected chi connectivity index (χ2v) is 7.62. The highest BCUT2D eigenvalue weighted by Crippen LogP contribution is 2.16. The highest BCUT2D eigenvalue weighted by Gasteiger charge is 2.23. The van der Waals surface area contributed by atoms with Crippen LogP contribution in [-0.4, -0.2) is 39.3 Å². The number of carbonyl (C=O) groups is 2. The van der Waals surface area contributed by atoms with Crippen LogP contribution < -0.4 is 10.6 Å². The van der Waals surface area contributed by atoms with Crippen LogP contribution in [0.4, 0.5) is 5.69 Å². The monoisotopic (exact) mass is 419 g/mol. The summed E-state index contributed by atoms with van der Waals surface area (Å²) in [7, 11) is 0. The molecule has 1 atom stereocenters. The lowest BCUT2D eigenvalue weighted by molar-refractivity contribution is -0.124. The molecule has 0 spiro atoms. The van der Waals surface area contributed by atoms with Crippen molar-refractivity contribution in [2.24, 2.45) is 0 Å². The van der Waals surface area contributed by atoms with E-state index in [0.717, 1.165) is 35.6 Å². The van der Waals surface area contributed by atoms with E-state index in [2.05, 4.69) is 20.7 Å². The number of nitrogens with zero attached hydrogens (tertiary/aromatic N) is 3. The molecule has 1 aliphatic rings. The van der Waals surface area contributed by atoms with Crippen molar-refractivity contribution in [3.8, 4) is 5.82 Å². The summed E-state index contributed by atoms with van der Waals surface area (Å²) in [6, 6.07) is 12.6. The molecule has 0 radical (unpaired) electrons. The number of ether oxygens (including phenoxy) is 1. The third-order valence-corrected chi connectivity index (χ3v) is 5.10. The molecule has 160 valence electrons. The number of anilines is 1. The van der Waals surface area contributed by atoms with E-state index in [1.165, 1.54) is 0 Å². The molecule has 0 aliphatic carbocycles. The highest BCUT2D eigenvalue weighted by molar-refractivity contribution is 5.98. The lowest BCUT2D eigenvalue weighted by Crippen LogP contribution is -2.27. The largest absolute Gasteiger partial charge is 0.368 e. The number of pyridine rings is 1. The third-order valence-electron chi connectivity index (χ3n) is 5.10. The molecule has 0 saturated carbocycles. The van der Waals surface area contributed by atoms with Crippen LogP contribution in [0, 0.1) is 13.8 Å². The van der Waals surface area contributed by atoms with Crippen LogP contribution in [0.1, 0.15) is 40.2 Å². The summed E-state index contributed by atoms with van der Waals surface area (Å²) in [6.45, 7) is 4.87. The first-order valence-corrected chi connectivity index (χ1v) is 10.3. The molecule has 8 nitrogen and oxygen atoms in total. The summed E-state index contributed by atoms with van der Waals surface area (Å²) < 4.78 is 7.18. The molecule has 2 amide bonds. The zero-order valence-corrected chi connectivity index (χ0v) is 17.6. The van der Waals surface area contributed by atoms with Crippen molar-refractivity contribution < 1.29 is 14.3 Å². The number of hydrogen-bond acceptors (Lipinski definition) is 5. The number of aryl methyl sites for hydroxylation is 2. The first-order chi connectivity index (χ1) is 15.0. The van der Waals surface area contributed by atoms with Crippen molar-refractivity contribution in [1.82, 2.24) is 20.1 Å². The van der Waals surface area contributed by atoms with Crippen molar-refractivity contribution in [2.45, 2.75) is 39.3 Å². The summed E-state index contributed by atoms with van der Waals surface area (Å²) in [4.78, 5) is 29.2. The Morgan fingerprint density at radius 2 is 2.06 bits per heavy atom. The van der Waals surface area contributed by atoms with Crippen LogP contribution >= 0.6 is 0 Å². The van der Waals surface area contributed by atoms with Gasteiger partial charge in [0.25, 0.3) is 11.8 Å². The van der Waals surface area contributed by atoms with Gasteiger partial charge in [-0.1, -0.05) is 12.1 Å². The Kier molecular flexibility index (Phi) is 6.08. The first-order valence-electron chi connectivity index (χ1n) is 10.3. The standard InChI is InChI=1S/C23H25N5O3/c1-15-11-16(2)28(27-15)21-9-8-17(13-24-21)14-25-22(29)18-5-3-6-19(12-18)26-23(30)20-7-4-10-31-20/h3,5-6,8-9,11-13,20H,4,7,10,14H2,1-2H3,(H,25,29)(H,26,30). The van der Waals surface area contributed by atoms with Crippen molar-refractivity contribution in [3.63, 3.8) is 0 Å². The highest BCUT2D eigenvalue weighted by atomic mass is 16.5. The lowest BCUT2D eigenvalue weighted by Gasteiger charge is -2.11. The molecule has 4 rings (SSSR count). The maximum atomic E-state index is 12.6. The van der Waals surface area contributed by atoms with Gasteiger partial charge in [-0.15, -0.1) is 0 Å². The van der Waals surface area contributed by atoms with Crippen LogP contribution in [0.3, 0.4) is 0 Å². The maximum Gasteiger partial charge on any atom is 0.253 e. The molecule has 2 aromatic heterocycles. The van der Waals surface area contributed by atoms with Crippen LogP contribution in [0.2, 0.25) is 0 Å². The molecule has 3 aromatic rings. The van der Waals surface area contributed by atoms with E-state index in [1.807, 2.05) is 32.0 Å². The van der Waals surface area contributed by atoms with E-state index in [0.29, 0.717) is 24.4 Å². The zero-order valence-electron chi connectivity index (χ0n) is 17.6. The van der Waals surface area contributed by atoms with E-state index in [9.17, 15) is 9.59 Å². The van der Waals surface area contributed by atoms with Gasteiger partial charge in [0, 0.05) is 36.3 Å². The minimum absolute atomic E-state index is 0.177. The second kappa shape index (κ2) is 9.09. The summed E-state index contributed by atoms with van der Waals surface area (Å²) >= 11 is 0. The molecule has 1 saturated heterocycles. The number of benzene rings is 1. The Bertz CT molecular complexity index is 1080. The van der Waals surface area contributed by atoms with Gasteiger partial charge < -0.3 is 15.4 Å². The Morgan fingerprint density at radius 1 is 1.19 bits per heavy atom. The zero-order chi connectivity index (χ0) is 21.8. The Morgan fingerprint density at radius 3 is 2.74 bits per heavy atom. The fourth-order valence-corrected chi connectivity index (χ4v) is 3.54. The van der Waals surface area contributed by atoms with Crippen molar-refractivity contribution in [3.05, 3.63) is 71.2 Å². The van der Waals surface area contributed by atoms with Gasteiger partial charge in [0.1, 0.15) is 6.10 Å². The quantitative estimate of drug-likeness (QED) is 0.640. The predicted octanol–water partition coefficient (Wildman–Crippen LogP) is 2.93. The number of aromatic nitrogens is 3. The second-order valence-electron chi connectivity index (χ2n) is 7.62. The van der Waals surface area contributed by atoms with Gasteiger partial charge in [0.2, 0.25) is 0 Å². The topological polar surface area (TPSA) is 98.1 Å². The SMILES string of the molecule is Cc1cc(C)n(-c2ccc(CNC(=O)c3cccc(NC(=O)C4CCCO4)c3)cn2)n1. The molecular weight excluding hydrogens is 394 g/mol. The van der Waals surface area contributed by atoms with E-state index >= 15 is 0 Å². The Balaban J connectivity index is 1.35. The predicted molar refractivity (Wildman–Crippen MR) is 116 cm³/mol. The van der Waals surface area contributed by atoms with Gasteiger partial charge in [0.05, 0.1) is 5.69 Å². The van der Waals surface area contributed by atoms with Gasteiger partial charge in [-0.25, -0.2) is 9.67 Å². The number of rotatable bonds is 6. The lowest BCUT2D eigenvalue weighted by atomic mass is 10.1. The maximum absolute atomic E-state index is 12.6. The molecule has 3 heterocycles. The van der Waals surface area contributed by atoms with E-state index in [1.54, 1.807) is 35.1 Å². The number of carbonyl (C=O) groups excluding carboxylic acids is 2. The molecule has 1 unspecified atom stereocenters. The Hall–Kier alpha value is -3.52. The van der Waals surface area contributed by atoms with Gasteiger partial charge in [0.15, 0.2) is 5.82 Å². The van der Waals surface area contributed by atoms with E-state index < -0.39 is 6.10 Å². The van der Waals surface area contributed by atoms with Gasteiger partial charge in [-0.05, 0) is 62.6 Å². The van der Waals surface area contributed by atoms with Crippen LogP contribution in [-0.2, 0) is 16.1 Å². The van der Waals surface area contributed by atoms with Crippen molar-refractivity contribution >= 4 is 17.5 Å². The fourth-order valence-electron chi connectivity index (χ4n) is 3.54. The first kappa shape index (κ1) is 20.7. The average Bonchev–Trinajstić information content (AvgIpc) is 3.42. The minimum Gasteiger partial charge on any atom is -0.368 e. The summed E-state index contributed by atoms with van der Waals surface area (Å²) in [6.07, 6.45) is 2.92. The van der Waals surface area contributed by atoms with Gasteiger partial charge >= 0.3 is 0 Å². The summed E-state index contributed by atoms with van der Waals surface area (Å²) in [5, 5.41) is 10.1. The molecule has 1 fully saturated rings. The molecule has 0 bridgehead atoms. The smallest absolute Gasteiger partial charge is 0.253 e. The number of nitrogens with one attached hydrogen (secondary N) is 2. The average molecular weight is 419 g/mol. The van der Waals surface area contributed by atoms with E-state index in [-0.39, 0.29) is 11.8 Å². The van der Waals surface area contributed by atoms with Crippen LogP contribution in [0.25, 0.3) is 5.82 Å². The van der Waals surface area contributed by atoms with E-state index in [4.69, 9.17) is 4.74 Å². The minimum atomic E-state index is -0.414. The molecule has 8 heteroatoms. The molecule has 31 heavy (non-hydrogen) atoms. The molecule has 1 aliphatic heterocycles. The van der Waals surface area contributed by atoms with Crippen LogP contribution in [0.5, 0.6) is 0 Å². The van der Waals surface area contributed by atoms with Crippen molar-refractivity contribution in [1.29, 1.82) is 0 Å². The molecule has 1 aromatic carbocycles.